The van der Waals surface area contributed by atoms with Gasteiger partial charge in [0.1, 0.15) is 0 Å². The van der Waals surface area contributed by atoms with Crippen molar-refractivity contribution >= 4 is 0 Å². The normalized spacial score (nSPS) is 25.7. The van der Waals surface area contributed by atoms with Gasteiger partial charge in [-0.2, -0.15) is 0 Å². The van der Waals surface area contributed by atoms with Crippen LogP contribution >= 0.6 is 0 Å². The van der Waals surface area contributed by atoms with E-state index in [0.29, 0.717) is 0 Å². The van der Waals surface area contributed by atoms with Crippen LogP contribution in [0.15, 0.2) is 18.2 Å². The molecule has 16 heavy (non-hydrogen) atoms. The van der Waals surface area contributed by atoms with E-state index < -0.39 is 0 Å². The number of nitrogens with zero attached hydrogens (tertiary/aromatic N) is 1. The molecule has 1 aliphatic carbocycles. The topological polar surface area (TPSA) is 3.24 Å². The Hall–Kier alpha value is -0.820. The third-order valence-corrected chi connectivity index (χ3v) is 4.22. The summed E-state index contributed by atoms with van der Waals surface area (Å²) in [4.78, 5) is 2.71. The van der Waals surface area contributed by atoms with Crippen LogP contribution in [0.5, 0.6) is 0 Å². The molecule has 3 rings (SSSR count). The van der Waals surface area contributed by atoms with Crippen LogP contribution in [-0.4, -0.2) is 24.0 Å². The predicted molar refractivity (Wildman–Crippen MR) is 67.8 cm³/mol. The fourth-order valence-corrected chi connectivity index (χ4v) is 3.28. The third kappa shape index (κ3) is 1.89. The van der Waals surface area contributed by atoms with E-state index in [9.17, 15) is 0 Å². The van der Waals surface area contributed by atoms with Gasteiger partial charge in [0, 0.05) is 6.04 Å². The van der Waals surface area contributed by atoms with E-state index in [4.69, 9.17) is 0 Å². The first-order valence-electron chi connectivity index (χ1n) is 6.65. The molecule has 86 valence electrons. The molecule has 0 spiro atoms. The van der Waals surface area contributed by atoms with E-state index in [0.717, 1.165) is 6.04 Å². The number of hydrogen-bond donors (Lipinski definition) is 0. The first kappa shape index (κ1) is 10.3. The number of rotatable bonds is 1. The summed E-state index contributed by atoms with van der Waals surface area (Å²) in [6.07, 6.45) is 6.78. The number of hydrogen-bond acceptors (Lipinski definition) is 1. The Kier molecular flexibility index (Phi) is 2.72. The number of fused-ring (bicyclic) bond motifs is 1. The van der Waals surface area contributed by atoms with Crippen molar-refractivity contribution in [1.82, 2.24) is 4.90 Å². The van der Waals surface area contributed by atoms with E-state index in [2.05, 4.69) is 30.0 Å². The van der Waals surface area contributed by atoms with Crippen molar-refractivity contribution in [2.75, 3.05) is 13.1 Å². The number of likely N-dealkylation sites (tertiary alicyclic amines) is 1. The van der Waals surface area contributed by atoms with Crippen molar-refractivity contribution < 1.29 is 0 Å². The van der Waals surface area contributed by atoms with Gasteiger partial charge >= 0.3 is 0 Å². The lowest BCUT2D eigenvalue weighted by atomic mass is 9.87. The first-order chi connectivity index (χ1) is 7.83. The molecule has 2 aliphatic rings. The maximum Gasteiger partial charge on any atom is 0.0139 e. The second-order valence-corrected chi connectivity index (χ2v) is 5.41. The highest BCUT2D eigenvalue weighted by Crippen LogP contribution is 2.27. The lowest BCUT2D eigenvalue weighted by Gasteiger charge is -2.32. The third-order valence-electron chi connectivity index (χ3n) is 4.22. The van der Waals surface area contributed by atoms with E-state index in [1.807, 2.05) is 0 Å². The van der Waals surface area contributed by atoms with Crippen LogP contribution in [0, 0.1) is 6.92 Å². The molecule has 1 fully saturated rings. The average Bonchev–Trinajstić information content (AvgIpc) is 2.82. The second-order valence-electron chi connectivity index (χ2n) is 5.41. The van der Waals surface area contributed by atoms with Crippen LogP contribution in [0.4, 0.5) is 0 Å². The second kappa shape index (κ2) is 4.21. The Morgan fingerprint density at radius 3 is 2.75 bits per heavy atom. The van der Waals surface area contributed by atoms with Gasteiger partial charge in [-0.1, -0.05) is 23.8 Å². The van der Waals surface area contributed by atoms with Crippen molar-refractivity contribution in [3.05, 3.63) is 34.9 Å². The molecule has 1 aromatic rings. The Bertz CT molecular complexity index is 377. The first-order valence-corrected chi connectivity index (χ1v) is 6.65. The summed E-state index contributed by atoms with van der Waals surface area (Å²) in [5.41, 5.74) is 4.63. The van der Waals surface area contributed by atoms with Crippen LogP contribution in [-0.2, 0) is 12.8 Å². The molecule has 1 heterocycles. The van der Waals surface area contributed by atoms with Crippen molar-refractivity contribution in [2.24, 2.45) is 0 Å². The minimum atomic E-state index is 0.831. The minimum absolute atomic E-state index is 0.831. The van der Waals surface area contributed by atoms with E-state index >= 15 is 0 Å². The van der Waals surface area contributed by atoms with Gasteiger partial charge in [0.2, 0.25) is 0 Å². The summed E-state index contributed by atoms with van der Waals surface area (Å²) >= 11 is 0. The number of benzene rings is 1. The summed E-state index contributed by atoms with van der Waals surface area (Å²) < 4.78 is 0. The fraction of sp³-hybridized carbons (Fsp3) is 0.600. The van der Waals surface area contributed by atoms with Crippen molar-refractivity contribution in [3.8, 4) is 0 Å². The molecule has 1 nitrogen and oxygen atoms in total. The molecule has 0 bridgehead atoms. The standard InChI is InChI=1S/C15H21N/c1-12-4-5-14-11-15(7-6-13(14)10-12)16-8-2-3-9-16/h4-5,10,15H,2-3,6-9,11H2,1H3. The predicted octanol–water partition coefficient (Wildman–Crippen LogP) is 2.95. The maximum atomic E-state index is 2.71. The Balaban J connectivity index is 1.78. The molecule has 0 N–H and O–H groups in total. The summed E-state index contributed by atoms with van der Waals surface area (Å²) in [6, 6.07) is 7.84. The lowest BCUT2D eigenvalue weighted by Crippen LogP contribution is -2.37. The van der Waals surface area contributed by atoms with Gasteiger partial charge in [-0.15, -0.1) is 0 Å². The molecule has 1 heteroatoms. The zero-order chi connectivity index (χ0) is 11.0. The van der Waals surface area contributed by atoms with E-state index in [1.165, 1.54) is 50.8 Å². The van der Waals surface area contributed by atoms with Gasteiger partial charge < -0.3 is 4.90 Å². The van der Waals surface area contributed by atoms with Crippen LogP contribution in [0.2, 0.25) is 0 Å². The Morgan fingerprint density at radius 1 is 1.12 bits per heavy atom. The molecule has 1 atom stereocenters. The fourth-order valence-electron chi connectivity index (χ4n) is 3.28. The number of aryl methyl sites for hydroxylation is 2. The summed E-state index contributed by atoms with van der Waals surface area (Å²) in [7, 11) is 0. The van der Waals surface area contributed by atoms with Gasteiger partial charge in [-0.3, -0.25) is 0 Å². The van der Waals surface area contributed by atoms with Crippen molar-refractivity contribution in [3.63, 3.8) is 0 Å². The molecule has 0 amide bonds. The van der Waals surface area contributed by atoms with E-state index in [-0.39, 0.29) is 0 Å². The van der Waals surface area contributed by atoms with Crippen LogP contribution in [0.1, 0.15) is 36.0 Å². The molecular formula is C15H21N. The minimum Gasteiger partial charge on any atom is -0.300 e. The molecule has 1 saturated heterocycles. The monoisotopic (exact) mass is 215 g/mol. The molecule has 0 aromatic heterocycles. The van der Waals surface area contributed by atoms with E-state index in [1.54, 1.807) is 11.1 Å². The van der Waals surface area contributed by atoms with Gasteiger partial charge in [0.25, 0.3) is 0 Å². The summed E-state index contributed by atoms with van der Waals surface area (Å²) in [5.74, 6) is 0. The van der Waals surface area contributed by atoms with Crippen LogP contribution in [0.25, 0.3) is 0 Å². The van der Waals surface area contributed by atoms with Crippen molar-refractivity contribution in [1.29, 1.82) is 0 Å². The molecule has 1 aromatic carbocycles. The summed E-state index contributed by atoms with van der Waals surface area (Å²) in [6.45, 7) is 4.88. The van der Waals surface area contributed by atoms with Gasteiger partial charge in [-0.05, 0) is 63.2 Å². The molecule has 0 saturated carbocycles. The maximum absolute atomic E-state index is 2.71. The van der Waals surface area contributed by atoms with Crippen LogP contribution < -0.4 is 0 Å². The SMILES string of the molecule is Cc1ccc2c(c1)CCC(N1CCCC1)C2. The molecule has 1 aliphatic heterocycles. The van der Waals surface area contributed by atoms with Gasteiger partial charge in [-0.25, -0.2) is 0 Å². The zero-order valence-electron chi connectivity index (χ0n) is 10.2. The van der Waals surface area contributed by atoms with Crippen molar-refractivity contribution in [2.45, 2.75) is 45.1 Å². The van der Waals surface area contributed by atoms with Gasteiger partial charge in [0.05, 0.1) is 0 Å². The highest BCUT2D eigenvalue weighted by Gasteiger charge is 2.25. The zero-order valence-corrected chi connectivity index (χ0v) is 10.2. The smallest absolute Gasteiger partial charge is 0.0139 e. The summed E-state index contributed by atoms with van der Waals surface area (Å²) in [5, 5.41) is 0. The Labute approximate surface area is 98.5 Å². The molecule has 0 radical (unpaired) electrons. The lowest BCUT2D eigenvalue weighted by molar-refractivity contribution is 0.222. The largest absolute Gasteiger partial charge is 0.300 e. The van der Waals surface area contributed by atoms with Crippen LogP contribution in [0.3, 0.4) is 0 Å². The molecular weight excluding hydrogens is 194 g/mol. The average molecular weight is 215 g/mol. The highest BCUT2D eigenvalue weighted by molar-refractivity contribution is 5.34. The molecule has 1 unspecified atom stereocenters. The van der Waals surface area contributed by atoms with Gasteiger partial charge in [0.15, 0.2) is 0 Å². The quantitative estimate of drug-likeness (QED) is 0.696. The highest BCUT2D eigenvalue weighted by atomic mass is 15.2. The Morgan fingerprint density at radius 2 is 1.94 bits per heavy atom.